The van der Waals surface area contributed by atoms with Crippen LogP contribution in [-0.4, -0.2) is 29.0 Å². The van der Waals surface area contributed by atoms with Crippen LogP contribution in [-0.2, 0) is 4.65 Å². The van der Waals surface area contributed by atoms with Crippen molar-refractivity contribution in [3.63, 3.8) is 0 Å². The second-order valence-electron chi connectivity index (χ2n) is 4.52. The lowest BCUT2D eigenvalue weighted by Crippen LogP contribution is -2.35. The van der Waals surface area contributed by atoms with Gasteiger partial charge in [-0.05, 0) is 32.9 Å². The van der Waals surface area contributed by atoms with Crippen molar-refractivity contribution < 1.29 is 24.3 Å². The highest BCUT2D eigenvalue weighted by atomic mass is 16.7. The lowest BCUT2D eigenvalue weighted by molar-refractivity contribution is 0.130. The van der Waals surface area contributed by atoms with Crippen LogP contribution in [0.3, 0.4) is 0 Å². The first-order valence-electron chi connectivity index (χ1n) is 5.14. The predicted octanol–water partition coefficient (Wildman–Crippen LogP) is 1.25. The fraction of sp³-hybridized carbons (Fsp3) is 0.364. The van der Waals surface area contributed by atoms with E-state index in [1.165, 1.54) is 0 Å². The molecule has 0 aliphatic heterocycles. The molecule has 0 amide bonds. The third-order valence-electron chi connectivity index (χ3n) is 1.78. The second-order valence-corrected chi connectivity index (χ2v) is 4.52. The molecule has 92 valence electrons. The van der Waals surface area contributed by atoms with Gasteiger partial charge in [0, 0.05) is 5.46 Å². The molecule has 0 spiro atoms. The molecule has 17 heavy (non-hydrogen) atoms. The van der Waals surface area contributed by atoms with Crippen LogP contribution in [0.2, 0.25) is 0 Å². The summed E-state index contributed by atoms with van der Waals surface area (Å²) in [5.74, 6) is 0.544. The third kappa shape index (κ3) is 4.78. The van der Waals surface area contributed by atoms with E-state index in [0.717, 1.165) is 0 Å². The minimum absolute atomic E-state index is 0.328. The van der Waals surface area contributed by atoms with E-state index < -0.39 is 13.3 Å². The average Bonchev–Trinajstić information content (AvgIpc) is 2.14. The van der Waals surface area contributed by atoms with Crippen molar-refractivity contribution in [2.45, 2.75) is 26.4 Å². The van der Waals surface area contributed by atoms with Crippen molar-refractivity contribution >= 4 is 18.7 Å². The molecule has 1 aromatic rings. The van der Waals surface area contributed by atoms with Gasteiger partial charge in [0.2, 0.25) is 0 Å². The molecule has 0 atom stereocenters. The van der Waals surface area contributed by atoms with Gasteiger partial charge in [-0.2, -0.15) is 0 Å². The van der Waals surface area contributed by atoms with Crippen LogP contribution in [0.4, 0.5) is 4.79 Å². The van der Waals surface area contributed by atoms with Crippen molar-refractivity contribution in [2.75, 3.05) is 0 Å². The molecule has 0 fully saturated rings. The average molecular weight is 238 g/mol. The fourth-order valence-electron chi connectivity index (χ4n) is 1.25. The molecule has 6 heteroatoms. The van der Waals surface area contributed by atoms with E-state index in [1.807, 2.05) is 20.8 Å². The van der Waals surface area contributed by atoms with Gasteiger partial charge in [-0.3, -0.25) is 0 Å². The van der Waals surface area contributed by atoms with Gasteiger partial charge in [0.25, 0.3) is 0 Å². The van der Waals surface area contributed by atoms with Crippen LogP contribution in [0.25, 0.3) is 0 Å². The molecule has 5 nitrogen and oxygen atoms in total. The standard InChI is InChI=1S/C11H15BO5/c1-11(2,3)16-9-6-4-5-8(7-9)12(15)17-10(13)14/h4-7,15H,1-3H3,(H,13,14). The van der Waals surface area contributed by atoms with Crippen LogP contribution < -0.4 is 10.2 Å². The highest BCUT2D eigenvalue weighted by molar-refractivity contribution is 6.61. The molecule has 0 aliphatic carbocycles. The maximum Gasteiger partial charge on any atom is 0.564 e. The maximum atomic E-state index is 10.3. The van der Waals surface area contributed by atoms with Gasteiger partial charge in [-0.15, -0.1) is 0 Å². The molecular weight excluding hydrogens is 223 g/mol. The normalized spacial score (nSPS) is 10.8. The summed E-state index contributed by atoms with van der Waals surface area (Å²) in [4.78, 5) is 10.3. The highest BCUT2D eigenvalue weighted by Gasteiger charge is 2.22. The maximum absolute atomic E-state index is 10.3. The predicted molar refractivity (Wildman–Crippen MR) is 63.5 cm³/mol. The van der Waals surface area contributed by atoms with Crippen LogP contribution >= 0.6 is 0 Å². The Morgan fingerprint density at radius 1 is 1.35 bits per heavy atom. The Morgan fingerprint density at radius 2 is 2.00 bits per heavy atom. The largest absolute Gasteiger partial charge is 0.564 e. The molecule has 0 aromatic heterocycles. The summed E-state index contributed by atoms with van der Waals surface area (Å²) in [7, 11) is -1.50. The monoisotopic (exact) mass is 238 g/mol. The number of hydrogen-bond acceptors (Lipinski definition) is 4. The summed E-state index contributed by atoms with van der Waals surface area (Å²) in [6, 6.07) is 6.48. The lowest BCUT2D eigenvalue weighted by Gasteiger charge is -2.21. The first-order chi connectivity index (χ1) is 7.78. The van der Waals surface area contributed by atoms with E-state index in [9.17, 15) is 9.82 Å². The van der Waals surface area contributed by atoms with Gasteiger partial charge >= 0.3 is 13.3 Å². The van der Waals surface area contributed by atoms with E-state index in [0.29, 0.717) is 11.2 Å². The number of benzene rings is 1. The summed E-state index contributed by atoms with van der Waals surface area (Å²) >= 11 is 0. The summed E-state index contributed by atoms with van der Waals surface area (Å²) in [5.41, 5.74) is -0.0359. The molecule has 0 aliphatic rings. The van der Waals surface area contributed by atoms with E-state index in [1.54, 1.807) is 24.3 Å². The summed E-state index contributed by atoms with van der Waals surface area (Å²) < 4.78 is 9.82. The Morgan fingerprint density at radius 3 is 2.53 bits per heavy atom. The zero-order chi connectivity index (χ0) is 13.1. The molecule has 1 aromatic carbocycles. The van der Waals surface area contributed by atoms with Crippen molar-refractivity contribution in [3.05, 3.63) is 24.3 Å². The highest BCUT2D eigenvalue weighted by Crippen LogP contribution is 2.16. The van der Waals surface area contributed by atoms with Crippen LogP contribution in [0.1, 0.15) is 20.8 Å². The van der Waals surface area contributed by atoms with Crippen LogP contribution in [0, 0.1) is 0 Å². The molecule has 0 bridgehead atoms. The van der Waals surface area contributed by atoms with Gasteiger partial charge in [-0.25, -0.2) is 4.79 Å². The smallest absolute Gasteiger partial charge is 0.488 e. The van der Waals surface area contributed by atoms with Crippen LogP contribution in [0.5, 0.6) is 5.75 Å². The van der Waals surface area contributed by atoms with E-state index in [-0.39, 0.29) is 5.60 Å². The van der Waals surface area contributed by atoms with E-state index >= 15 is 0 Å². The quantitative estimate of drug-likeness (QED) is 0.775. The Bertz CT molecular complexity index is 399. The molecule has 2 N–H and O–H groups in total. The van der Waals surface area contributed by atoms with Crippen molar-refractivity contribution in [3.8, 4) is 5.75 Å². The second kappa shape index (κ2) is 5.10. The van der Waals surface area contributed by atoms with Gasteiger partial charge < -0.3 is 19.5 Å². The van der Waals surface area contributed by atoms with Crippen molar-refractivity contribution in [2.24, 2.45) is 0 Å². The molecule has 0 unspecified atom stereocenters. The van der Waals surface area contributed by atoms with E-state index in [4.69, 9.17) is 9.84 Å². The summed E-state index contributed by atoms with van der Waals surface area (Å²) in [6.45, 7) is 5.68. The first kappa shape index (κ1) is 13.4. The Hall–Kier alpha value is -1.69. The number of rotatable bonds is 3. The minimum atomic E-state index is -1.53. The van der Waals surface area contributed by atoms with Gasteiger partial charge in [0.1, 0.15) is 11.4 Å². The zero-order valence-electron chi connectivity index (χ0n) is 10.0. The molecule has 0 heterocycles. The number of carboxylic acid groups (broad SMARTS) is 1. The number of hydrogen-bond donors (Lipinski definition) is 2. The lowest BCUT2D eigenvalue weighted by atomic mass is 9.79. The van der Waals surface area contributed by atoms with E-state index in [2.05, 4.69) is 4.65 Å². The topological polar surface area (TPSA) is 76.0 Å². The Balaban J connectivity index is 2.82. The van der Waals surface area contributed by atoms with Crippen molar-refractivity contribution in [1.29, 1.82) is 0 Å². The molecule has 0 saturated carbocycles. The SMILES string of the molecule is CC(C)(C)Oc1cccc(B(O)OC(=O)O)c1. The van der Waals surface area contributed by atoms with Crippen LogP contribution in [0.15, 0.2) is 24.3 Å². The summed E-state index contributed by atoms with van der Waals surface area (Å²) in [5, 5.41) is 17.8. The zero-order valence-corrected chi connectivity index (χ0v) is 10.0. The third-order valence-corrected chi connectivity index (χ3v) is 1.78. The number of ether oxygens (including phenoxy) is 1. The van der Waals surface area contributed by atoms with Gasteiger partial charge in [-0.1, -0.05) is 12.1 Å². The number of carbonyl (C=O) groups is 1. The van der Waals surface area contributed by atoms with Gasteiger partial charge in [0.05, 0.1) is 0 Å². The molecular formula is C11H15BO5. The Labute approximate surface area is 100 Å². The molecule has 0 radical (unpaired) electrons. The molecule has 1 rings (SSSR count). The van der Waals surface area contributed by atoms with Crippen molar-refractivity contribution in [1.82, 2.24) is 0 Å². The fourth-order valence-corrected chi connectivity index (χ4v) is 1.25. The van der Waals surface area contributed by atoms with Gasteiger partial charge in [0.15, 0.2) is 0 Å². The minimum Gasteiger partial charge on any atom is -0.488 e. The summed E-state index contributed by atoms with van der Waals surface area (Å²) in [6.07, 6.45) is -1.53. The molecule has 0 saturated heterocycles. The first-order valence-corrected chi connectivity index (χ1v) is 5.14. The Kier molecular flexibility index (Phi) is 4.01.